The van der Waals surface area contributed by atoms with Crippen LogP contribution < -0.4 is 9.64 Å². The van der Waals surface area contributed by atoms with Crippen molar-refractivity contribution in [1.29, 1.82) is 0 Å². The predicted molar refractivity (Wildman–Crippen MR) is 144 cm³/mol. The highest BCUT2D eigenvalue weighted by Crippen LogP contribution is 2.40. The number of methoxy groups -OCH3 is 1. The summed E-state index contributed by atoms with van der Waals surface area (Å²) in [4.78, 5) is 19.4. The lowest BCUT2D eigenvalue weighted by Crippen LogP contribution is -2.48. The van der Waals surface area contributed by atoms with E-state index in [4.69, 9.17) is 19.8 Å². The van der Waals surface area contributed by atoms with Gasteiger partial charge in [0.05, 0.1) is 37.1 Å². The number of rotatable bonds is 5. The molecule has 9 nitrogen and oxygen atoms in total. The summed E-state index contributed by atoms with van der Waals surface area (Å²) in [6, 6.07) is 4.50. The zero-order valence-corrected chi connectivity index (χ0v) is 22.2. The molecule has 0 amide bonds. The summed E-state index contributed by atoms with van der Waals surface area (Å²) < 4.78 is 9.87. The number of ether oxygens (including phenoxy) is 1. The monoisotopic (exact) mass is 516 g/mol. The molecule has 10 heteroatoms. The van der Waals surface area contributed by atoms with Crippen molar-refractivity contribution in [2.24, 2.45) is 0 Å². The lowest BCUT2D eigenvalue weighted by Gasteiger charge is -2.38. The van der Waals surface area contributed by atoms with Gasteiger partial charge in [-0.3, -0.25) is 4.90 Å². The van der Waals surface area contributed by atoms with Crippen LogP contribution in [0.5, 0.6) is 5.88 Å². The Morgan fingerprint density at radius 2 is 1.86 bits per heavy atom. The largest absolute Gasteiger partial charge is 0.479 e. The van der Waals surface area contributed by atoms with Gasteiger partial charge in [-0.15, -0.1) is 11.3 Å². The SMILES string of the molecule is COc1nc(-c2csc(N3CC(N4CCCC4)Cn4nc5c(c43)CCCC5)n2)ccc1-n1cnc(C)c1. The van der Waals surface area contributed by atoms with Gasteiger partial charge in [0.1, 0.15) is 17.2 Å². The number of nitrogens with zero attached hydrogens (tertiary/aromatic N) is 8. The van der Waals surface area contributed by atoms with E-state index in [1.165, 1.54) is 55.8 Å². The van der Waals surface area contributed by atoms with E-state index in [-0.39, 0.29) is 0 Å². The van der Waals surface area contributed by atoms with Gasteiger partial charge in [-0.2, -0.15) is 5.10 Å². The van der Waals surface area contributed by atoms with Crippen LogP contribution in [0.3, 0.4) is 0 Å². The first-order chi connectivity index (χ1) is 18.2. The maximum Gasteiger partial charge on any atom is 0.238 e. The van der Waals surface area contributed by atoms with Crippen molar-refractivity contribution >= 4 is 22.3 Å². The molecule has 7 rings (SSSR count). The van der Waals surface area contributed by atoms with Crippen LogP contribution in [-0.2, 0) is 19.4 Å². The van der Waals surface area contributed by atoms with Crippen LogP contribution in [0, 0.1) is 6.92 Å². The molecular weight excluding hydrogens is 484 g/mol. The fourth-order valence-corrected chi connectivity index (χ4v) is 6.89. The molecule has 6 heterocycles. The average molecular weight is 517 g/mol. The molecule has 3 aliphatic rings. The van der Waals surface area contributed by atoms with Gasteiger partial charge in [0.15, 0.2) is 5.13 Å². The second-order valence-electron chi connectivity index (χ2n) is 10.3. The van der Waals surface area contributed by atoms with Crippen molar-refractivity contribution in [3.63, 3.8) is 0 Å². The smallest absolute Gasteiger partial charge is 0.238 e. The molecule has 2 aliphatic heterocycles. The van der Waals surface area contributed by atoms with Crippen molar-refractivity contribution in [2.75, 3.05) is 31.6 Å². The van der Waals surface area contributed by atoms with E-state index in [0.29, 0.717) is 11.9 Å². The third-order valence-electron chi connectivity index (χ3n) is 7.89. The Balaban J connectivity index is 1.24. The number of likely N-dealkylation sites (tertiary alicyclic amines) is 1. The Hall–Kier alpha value is -3.24. The Labute approximate surface area is 220 Å². The molecular formula is C27H32N8OS. The van der Waals surface area contributed by atoms with E-state index in [1.807, 2.05) is 29.8 Å². The number of hydrogen-bond donors (Lipinski definition) is 0. The molecule has 0 N–H and O–H groups in total. The number of imidazole rings is 1. The van der Waals surface area contributed by atoms with Crippen LogP contribution in [0.25, 0.3) is 17.1 Å². The van der Waals surface area contributed by atoms with Crippen LogP contribution in [0.1, 0.15) is 42.6 Å². The maximum atomic E-state index is 5.65. The second-order valence-corrected chi connectivity index (χ2v) is 11.1. The zero-order chi connectivity index (χ0) is 24.9. The molecule has 37 heavy (non-hydrogen) atoms. The van der Waals surface area contributed by atoms with Crippen LogP contribution in [-0.4, -0.2) is 67.0 Å². The lowest BCUT2D eigenvalue weighted by molar-refractivity contribution is 0.208. The molecule has 1 unspecified atom stereocenters. The molecule has 0 aromatic carbocycles. The molecule has 0 bridgehead atoms. The van der Waals surface area contributed by atoms with Crippen LogP contribution in [0.2, 0.25) is 0 Å². The fraction of sp³-hybridized carbons (Fsp3) is 0.481. The summed E-state index contributed by atoms with van der Waals surface area (Å²) >= 11 is 1.69. The molecule has 4 aromatic rings. The minimum absolute atomic E-state index is 0.458. The predicted octanol–water partition coefficient (Wildman–Crippen LogP) is 4.40. The highest BCUT2D eigenvalue weighted by molar-refractivity contribution is 7.14. The highest BCUT2D eigenvalue weighted by atomic mass is 32.1. The molecule has 1 fully saturated rings. The second kappa shape index (κ2) is 9.25. The molecule has 192 valence electrons. The first kappa shape index (κ1) is 22.9. The van der Waals surface area contributed by atoms with Crippen molar-refractivity contribution < 1.29 is 4.74 Å². The third-order valence-corrected chi connectivity index (χ3v) is 8.76. The van der Waals surface area contributed by atoms with Crippen molar-refractivity contribution in [3.8, 4) is 23.0 Å². The summed E-state index contributed by atoms with van der Waals surface area (Å²) in [6.07, 6.45) is 11.0. The first-order valence-corrected chi connectivity index (χ1v) is 14.2. The van der Waals surface area contributed by atoms with E-state index in [9.17, 15) is 0 Å². The standard InChI is InChI=1S/C27H32N8OS/c1-18-13-33(17-28-18)24-10-9-22(29-25(24)36-2)23-16-37-27(30-23)34-14-19(32-11-5-6-12-32)15-35-26(34)20-7-3-4-8-21(20)31-35/h9-10,13,16-17,19H,3-8,11-12,14-15H2,1-2H3. The van der Waals surface area contributed by atoms with Gasteiger partial charge in [0.2, 0.25) is 5.88 Å². The number of aryl methyl sites for hydroxylation is 2. The molecule has 0 spiro atoms. The quantitative estimate of drug-likeness (QED) is 0.389. The number of aromatic nitrogens is 6. The number of pyridine rings is 1. The fourth-order valence-electron chi connectivity index (χ4n) is 6.06. The van der Waals surface area contributed by atoms with Gasteiger partial charge in [-0.25, -0.2) is 19.6 Å². The minimum atomic E-state index is 0.458. The minimum Gasteiger partial charge on any atom is -0.479 e. The Kier molecular flexibility index (Phi) is 5.73. The topological polar surface area (TPSA) is 77.1 Å². The summed E-state index contributed by atoms with van der Waals surface area (Å²) in [5.74, 6) is 1.83. The van der Waals surface area contributed by atoms with Crippen LogP contribution >= 0.6 is 11.3 Å². The Morgan fingerprint density at radius 1 is 1.00 bits per heavy atom. The Bertz CT molecular complexity index is 1430. The first-order valence-electron chi connectivity index (χ1n) is 13.3. The normalized spacial score (nSPS) is 19.7. The molecule has 0 radical (unpaired) electrons. The molecule has 1 aliphatic carbocycles. The van der Waals surface area contributed by atoms with Crippen molar-refractivity contribution in [3.05, 3.63) is 47.0 Å². The number of hydrogen-bond acceptors (Lipinski definition) is 8. The van der Waals surface area contributed by atoms with Crippen molar-refractivity contribution in [2.45, 2.75) is 58.0 Å². The van der Waals surface area contributed by atoms with Crippen LogP contribution in [0.15, 0.2) is 30.0 Å². The number of thiazole rings is 1. The Morgan fingerprint density at radius 3 is 2.68 bits per heavy atom. The summed E-state index contributed by atoms with van der Waals surface area (Å²) in [6.45, 7) is 6.28. The number of anilines is 2. The average Bonchev–Trinajstić information content (AvgIpc) is 3.73. The summed E-state index contributed by atoms with van der Waals surface area (Å²) in [7, 11) is 1.66. The van der Waals surface area contributed by atoms with E-state index >= 15 is 0 Å². The van der Waals surface area contributed by atoms with Gasteiger partial charge in [0.25, 0.3) is 0 Å². The van der Waals surface area contributed by atoms with E-state index in [0.717, 1.165) is 53.8 Å². The zero-order valence-electron chi connectivity index (χ0n) is 21.4. The van der Waals surface area contributed by atoms with E-state index in [2.05, 4.69) is 24.8 Å². The van der Waals surface area contributed by atoms with Crippen molar-refractivity contribution in [1.82, 2.24) is 34.2 Å². The third kappa shape index (κ3) is 4.02. The van der Waals surface area contributed by atoms with Gasteiger partial charge in [-0.05, 0) is 70.7 Å². The van der Waals surface area contributed by atoms with Gasteiger partial charge in [0, 0.05) is 29.7 Å². The summed E-state index contributed by atoms with van der Waals surface area (Å²) in [5.41, 5.74) is 6.22. The van der Waals surface area contributed by atoms with E-state index < -0.39 is 0 Å². The van der Waals surface area contributed by atoms with E-state index in [1.54, 1.807) is 24.8 Å². The maximum absolute atomic E-state index is 5.65. The van der Waals surface area contributed by atoms with Gasteiger partial charge >= 0.3 is 0 Å². The molecule has 0 saturated carbocycles. The molecule has 1 atom stereocenters. The molecule has 4 aromatic heterocycles. The summed E-state index contributed by atoms with van der Waals surface area (Å²) in [5, 5.41) is 8.24. The highest BCUT2D eigenvalue weighted by Gasteiger charge is 2.36. The van der Waals surface area contributed by atoms with Gasteiger partial charge < -0.3 is 14.2 Å². The lowest BCUT2D eigenvalue weighted by atomic mass is 9.97. The molecule has 1 saturated heterocycles. The van der Waals surface area contributed by atoms with Crippen LogP contribution in [0.4, 0.5) is 10.9 Å². The number of fused-ring (bicyclic) bond motifs is 3. The van der Waals surface area contributed by atoms with Gasteiger partial charge in [-0.1, -0.05) is 0 Å².